The van der Waals surface area contributed by atoms with Crippen molar-refractivity contribution in [1.82, 2.24) is 9.97 Å². The number of hydrogen-bond donors (Lipinski definition) is 2. The molecular weight excluding hydrogens is 256 g/mol. The molecule has 1 heterocycles. The van der Waals surface area contributed by atoms with Crippen molar-refractivity contribution in [3.05, 3.63) is 54.9 Å². The van der Waals surface area contributed by atoms with Gasteiger partial charge in [0.1, 0.15) is 5.03 Å². The molecular formula is C14H12N4S. The van der Waals surface area contributed by atoms with Gasteiger partial charge in [0.15, 0.2) is 5.82 Å². The smallest absolute Gasteiger partial charge is 0.159 e. The van der Waals surface area contributed by atoms with Gasteiger partial charge in [-0.25, -0.2) is 10.8 Å². The summed E-state index contributed by atoms with van der Waals surface area (Å²) in [4.78, 5) is 9.55. The number of rotatable bonds is 3. The van der Waals surface area contributed by atoms with Crippen LogP contribution in [0.5, 0.6) is 0 Å². The second-order valence-electron chi connectivity index (χ2n) is 4.00. The molecule has 0 unspecified atom stereocenters. The molecule has 0 aliphatic heterocycles. The molecule has 94 valence electrons. The van der Waals surface area contributed by atoms with Gasteiger partial charge in [0, 0.05) is 4.90 Å². The lowest BCUT2D eigenvalue weighted by Gasteiger charge is -2.04. The molecule has 0 saturated heterocycles. The van der Waals surface area contributed by atoms with Crippen molar-refractivity contribution in [2.45, 2.75) is 9.92 Å². The van der Waals surface area contributed by atoms with Crippen LogP contribution in [0.4, 0.5) is 5.82 Å². The van der Waals surface area contributed by atoms with Crippen LogP contribution >= 0.6 is 11.8 Å². The molecule has 0 fully saturated rings. The molecule has 3 rings (SSSR count). The van der Waals surface area contributed by atoms with E-state index >= 15 is 0 Å². The third kappa shape index (κ3) is 2.67. The Kier molecular flexibility index (Phi) is 3.31. The number of nitrogen functional groups attached to an aromatic ring is 1. The van der Waals surface area contributed by atoms with Crippen LogP contribution in [0, 0.1) is 0 Å². The normalized spacial score (nSPS) is 10.6. The van der Waals surface area contributed by atoms with E-state index in [1.165, 1.54) is 10.8 Å². The number of nitrogens with zero attached hydrogens (tertiary/aromatic N) is 2. The predicted molar refractivity (Wildman–Crippen MR) is 77.9 cm³/mol. The van der Waals surface area contributed by atoms with E-state index in [-0.39, 0.29) is 0 Å². The summed E-state index contributed by atoms with van der Waals surface area (Å²) in [6.45, 7) is 0. The molecule has 19 heavy (non-hydrogen) atoms. The Morgan fingerprint density at radius 1 is 1.00 bits per heavy atom. The molecule has 2 aromatic carbocycles. The predicted octanol–water partition coefficient (Wildman–Crippen LogP) is 3.07. The zero-order valence-electron chi connectivity index (χ0n) is 10.1. The minimum Gasteiger partial charge on any atom is -0.307 e. The topological polar surface area (TPSA) is 63.8 Å². The Bertz CT molecular complexity index is 714. The number of anilines is 1. The Balaban J connectivity index is 1.92. The van der Waals surface area contributed by atoms with E-state index in [9.17, 15) is 0 Å². The molecule has 0 aliphatic carbocycles. The van der Waals surface area contributed by atoms with Crippen LogP contribution in [0.15, 0.2) is 64.8 Å². The van der Waals surface area contributed by atoms with E-state index < -0.39 is 0 Å². The van der Waals surface area contributed by atoms with E-state index in [1.54, 1.807) is 24.2 Å². The van der Waals surface area contributed by atoms with Gasteiger partial charge < -0.3 is 5.43 Å². The van der Waals surface area contributed by atoms with Crippen LogP contribution in [0.1, 0.15) is 0 Å². The second kappa shape index (κ2) is 5.26. The number of nitrogens with two attached hydrogens (primary N) is 1. The average molecular weight is 268 g/mol. The zero-order chi connectivity index (χ0) is 13.1. The summed E-state index contributed by atoms with van der Waals surface area (Å²) in [6, 6.07) is 14.6. The van der Waals surface area contributed by atoms with Gasteiger partial charge in [-0.05, 0) is 22.9 Å². The Morgan fingerprint density at radius 3 is 2.68 bits per heavy atom. The van der Waals surface area contributed by atoms with Gasteiger partial charge in [-0.2, -0.15) is 0 Å². The van der Waals surface area contributed by atoms with Gasteiger partial charge in [-0.1, -0.05) is 42.1 Å². The van der Waals surface area contributed by atoms with Crippen molar-refractivity contribution in [3.8, 4) is 0 Å². The van der Waals surface area contributed by atoms with E-state index in [1.807, 2.05) is 12.1 Å². The second-order valence-corrected chi connectivity index (χ2v) is 5.09. The zero-order valence-corrected chi connectivity index (χ0v) is 10.9. The standard InChI is InChI=1S/C14H12N4S/c15-18-13-8-16-9-14(17-13)19-12-6-5-10-3-1-2-4-11(10)7-12/h1-9H,15H2,(H,17,18). The molecule has 0 amide bonds. The third-order valence-corrected chi connectivity index (χ3v) is 3.60. The maximum Gasteiger partial charge on any atom is 0.159 e. The molecule has 0 aliphatic rings. The molecule has 0 bridgehead atoms. The highest BCUT2D eigenvalue weighted by Gasteiger charge is 2.02. The Morgan fingerprint density at radius 2 is 1.84 bits per heavy atom. The molecule has 5 heteroatoms. The number of nitrogens with one attached hydrogen (secondary N) is 1. The van der Waals surface area contributed by atoms with E-state index in [0.29, 0.717) is 5.82 Å². The van der Waals surface area contributed by atoms with Gasteiger partial charge in [0.05, 0.1) is 12.4 Å². The maximum atomic E-state index is 5.32. The Hall–Kier alpha value is -2.11. The molecule has 3 aromatic rings. The monoisotopic (exact) mass is 268 g/mol. The highest BCUT2D eigenvalue weighted by Crippen LogP contribution is 2.28. The highest BCUT2D eigenvalue weighted by molar-refractivity contribution is 7.99. The van der Waals surface area contributed by atoms with Crippen molar-refractivity contribution in [1.29, 1.82) is 0 Å². The first-order valence-corrected chi connectivity index (χ1v) is 6.62. The number of benzene rings is 2. The van der Waals surface area contributed by atoms with Crippen molar-refractivity contribution < 1.29 is 0 Å². The summed E-state index contributed by atoms with van der Waals surface area (Å²) >= 11 is 1.56. The molecule has 3 N–H and O–H groups in total. The van der Waals surface area contributed by atoms with Gasteiger partial charge in [-0.15, -0.1) is 0 Å². The summed E-state index contributed by atoms with van der Waals surface area (Å²) in [6.07, 6.45) is 3.31. The van der Waals surface area contributed by atoms with Crippen LogP contribution in [0.2, 0.25) is 0 Å². The molecule has 0 atom stereocenters. The quantitative estimate of drug-likeness (QED) is 0.564. The molecule has 1 aromatic heterocycles. The number of hydrazine groups is 1. The van der Waals surface area contributed by atoms with Crippen molar-refractivity contribution >= 4 is 28.4 Å². The maximum absolute atomic E-state index is 5.32. The van der Waals surface area contributed by atoms with Crippen LogP contribution in [0.25, 0.3) is 10.8 Å². The van der Waals surface area contributed by atoms with Crippen LogP contribution in [-0.4, -0.2) is 9.97 Å². The summed E-state index contributed by atoms with van der Waals surface area (Å²) in [5.74, 6) is 5.89. The lowest BCUT2D eigenvalue weighted by molar-refractivity contribution is 1.04. The van der Waals surface area contributed by atoms with E-state index in [4.69, 9.17) is 5.84 Å². The van der Waals surface area contributed by atoms with Crippen LogP contribution in [0.3, 0.4) is 0 Å². The minimum absolute atomic E-state index is 0.561. The lowest BCUT2D eigenvalue weighted by Crippen LogP contribution is -2.08. The lowest BCUT2D eigenvalue weighted by atomic mass is 10.1. The minimum atomic E-state index is 0.561. The van der Waals surface area contributed by atoms with E-state index in [0.717, 1.165) is 9.92 Å². The van der Waals surface area contributed by atoms with Gasteiger partial charge in [-0.3, -0.25) is 4.98 Å². The number of aromatic nitrogens is 2. The van der Waals surface area contributed by atoms with Gasteiger partial charge >= 0.3 is 0 Å². The fourth-order valence-electron chi connectivity index (χ4n) is 1.82. The van der Waals surface area contributed by atoms with Crippen molar-refractivity contribution in [2.24, 2.45) is 5.84 Å². The largest absolute Gasteiger partial charge is 0.307 e. The van der Waals surface area contributed by atoms with Crippen molar-refractivity contribution in [2.75, 3.05) is 5.43 Å². The molecule has 0 radical (unpaired) electrons. The van der Waals surface area contributed by atoms with Crippen LogP contribution < -0.4 is 11.3 Å². The first kappa shape index (κ1) is 12.0. The van der Waals surface area contributed by atoms with Gasteiger partial charge in [0.25, 0.3) is 0 Å². The fraction of sp³-hybridized carbons (Fsp3) is 0. The molecule has 0 saturated carbocycles. The first-order valence-electron chi connectivity index (χ1n) is 5.80. The highest BCUT2D eigenvalue weighted by atomic mass is 32.2. The summed E-state index contributed by atoms with van der Waals surface area (Å²) < 4.78 is 0. The summed E-state index contributed by atoms with van der Waals surface area (Å²) in [7, 11) is 0. The average Bonchev–Trinajstić information content (AvgIpc) is 2.47. The Labute approximate surface area is 115 Å². The first-order chi connectivity index (χ1) is 9.35. The molecule has 4 nitrogen and oxygen atoms in total. The van der Waals surface area contributed by atoms with Crippen LogP contribution in [-0.2, 0) is 0 Å². The van der Waals surface area contributed by atoms with Crippen molar-refractivity contribution in [3.63, 3.8) is 0 Å². The third-order valence-electron chi connectivity index (χ3n) is 2.70. The summed E-state index contributed by atoms with van der Waals surface area (Å²) in [5, 5.41) is 3.26. The fourth-order valence-corrected chi connectivity index (χ4v) is 2.64. The van der Waals surface area contributed by atoms with E-state index in [2.05, 4.69) is 45.7 Å². The molecule has 0 spiro atoms. The number of fused-ring (bicyclic) bond motifs is 1. The summed E-state index contributed by atoms with van der Waals surface area (Å²) in [5.41, 5.74) is 2.50. The van der Waals surface area contributed by atoms with Gasteiger partial charge in [0.2, 0.25) is 0 Å². The SMILES string of the molecule is NNc1cncc(Sc2ccc3ccccc3c2)n1. The number of hydrogen-bond acceptors (Lipinski definition) is 5.